The van der Waals surface area contributed by atoms with E-state index in [1.807, 2.05) is 0 Å². The quantitative estimate of drug-likeness (QED) is 0.495. The van der Waals surface area contributed by atoms with Crippen LogP contribution in [0.4, 0.5) is 0 Å². The molecule has 2 nitrogen and oxygen atoms in total. The van der Waals surface area contributed by atoms with E-state index in [2.05, 4.69) is 41.0 Å². The highest BCUT2D eigenvalue weighted by atomic mass is 16.5. The zero-order chi connectivity index (χ0) is 11.7. The highest BCUT2D eigenvalue weighted by molar-refractivity contribution is 6.07. The van der Waals surface area contributed by atoms with Crippen LogP contribution in [0.2, 0.25) is 0 Å². The lowest BCUT2D eigenvalue weighted by molar-refractivity contribution is -0.525. The van der Waals surface area contributed by atoms with E-state index in [-0.39, 0.29) is 5.60 Å². The number of hydrogen-bond donors (Lipinski definition) is 0. The van der Waals surface area contributed by atoms with E-state index < -0.39 is 0 Å². The minimum atomic E-state index is -0.0822. The third kappa shape index (κ3) is 0.938. The van der Waals surface area contributed by atoms with Crippen LogP contribution in [0.3, 0.4) is 0 Å². The second kappa shape index (κ2) is 2.94. The highest BCUT2D eigenvalue weighted by Gasteiger charge is 2.63. The number of rotatable bonds is 0. The van der Waals surface area contributed by atoms with Gasteiger partial charge in [-0.25, -0.2) is 4.58 Å². The first-order chi connectivity index (χ1) is 8.87. The molecule has 1 spiro atoms. The summed E-state index contributed by atoms with van der Waals surface area (Å²) < 4.78 is 8.89. The van der Waals surface area contributed by atoms with E-state index in [0.29, 0.717) is 12.0 Å². The van der Waals surface area contributed by atoms with Gasteiger partial charge < -0.3 is 4.74 Å². The van der Waals surface area contributed by atoms with Crippen LogP contribution in [0.5, 0.6) is 0 Å². The Labute approximate surface area is 107 Å². The molecule has 2 bridgehead atoms. The van der Waals surface area contributed by atoms with Gasteiger partial charge in [0.05, 0.1) is 12.0 Å². The van der Waals surface area contributed by atoms with E-state index >= 15 is 0 Å². The minimum absolute atomic E-state index is 0.0822. The monoisotopic (exact) mass is 238 g/mol. The normalized spacial score (nSPS) is 38.9. The van der Waals surface area contributed by atoms with E-state index in [0.717, 1.165) is 6.54 Å². The van der Waals surface area contributed by atoms with Gasteiger partial charge in [0.2, 0.25) is 5.71 Å². The second-order valence-electron chi connectivity index (χ2n) is 5.94. The van der Waals surface area contributed by atoms with Gasteiger partial charge in [0.1, 0.15) is 13.1 Å². The first-order valence-electron chi connectivity index (χ1n) is 6.95. The van der Waals surface area contributed by atoms with Crippen LogP contribution >= 0.6 is 0 Å². The van der Waals surface area contributed by atoms with Gasteiger partial charge >= 0.3 is 0 Å². The minimum Gasteiger partial charge on any atom is -0.352 e. The molecule has 0 unspecified atom stereocenters. The molecule has 4 aliphatic rings. The van der Waals surface area contributed by atoms with Gasteiger partial charge in [-0.3, -0.25) is 0 Å². The van der Waals surface area contributed by atoms with Crippen LogP contribution in [0.15, 0.2) is 36.4 Å². The van der Waals surface area contributed by atoms with E-state index in [1.54, 1.807) is 0 Å². The third-order valence-electron chi connectivity index (χ3n) is 5.08. The molecule has 0 radical (unpaired) electrons. The number of ether oxygens (including phenoxy) is 1. The Kier molecular flexibility index (Phi) is 1.55. The lowest BCUT2D eigenvalue weighted by atomic mass is 9.79. The topological polar surface area (TPSA) is 12.2 Å². The smallest absolute Gasteiger partial charge is 0.220 e. The van der Waals surface area contributed by atoms with Crippen LogP contribution in [0, 0.1) is 5.92 Å². The summed E-state index contributed by atoms with van der Waals surface area (Å²) in [6.45, 7) is 2.34. The molecule has 0 saturated carbocycles. The van der Waals surface area contributed by atoms with Crippen molar-refractivity contribution in [1.29, 1.82) is 0 Å². The molecule has 4 aliphatic heterocycles. The summed E-state index contributed by atoms with van der Waals surface area (Å²) in [6.07, 6.45) is 7.36. The Hall–Kier alpha value is -1.41. The van der Waals surface area contributed by atoms with Gasteiger partial charge in [0.25, 0.3) is 0 Å². The van der Waals surface area contributed by atoms with Crippen LogP contribution in [-0.4, -0.2) is 35.1 Å². The molecule has 0 aliphatic carbocycles. The predicted octanol–water partition coefficient (Wildman–Crippen LogP) is 1.77. The summed E-state index contributed by atoms with van der Waals surface area (Å²) in [5.41, 5.74) is 4.29. The van der Waals surface area contributed by atoms with Crippen molar-refractivity contribution in [3.05, 3.63) is 47.5 Å². The Morgan fingerprint density at radius 3 is 3.17 bits per heavy atom. The van der Waals surface area contributed by atoms with Gasteiger partial charge in [-0.2, -0.15) is 0 Å². The Morgan fingerprint density at radius 1 is 1.28 bits per heavy atom. The Bertz CT molecular complexity index is 615. The van der Waals surface area contributed by atoms with Crippen LogP contribution in [0.25, 0.3) is 0 Å². The maximum Gasteiger partial charge on any atom is 0.220 e. The maximum atomic E-state index is 6.32. The summed E-state index contributed by atoms with van der Waals surface area (Å²) in [6, 6.07) is 8.86. The van der Waals surface area contributed by atoms with Crippen molar-refractivity contribution in [3.63, 3.8) is 0 Å². The van der Waals surface area contributed by atoms with Gasteiger partial charge in [-0.1, -0.05) is 24.3 Å². The molecule has 18 heavy (non-hydrogen) atoms. The molecule has 1 fully saturated rings. The zero-order valence-corrected chi connectivity index (χ0v) is 10.3. The fourth-order valence-corrected chi connectivity index (χ4v) is 4.35. The first-order valence-corrected chi connectivity index (χ1v) is 6.95. The molecule has 0 aromatic heterocycles. The van der Waals surface area contributed by atoms with Crippen molar-refractivity contribution in [2.24, 2.45) is 5.92 Å². The third-order valence-corrected chi connectivity index (χ3v) is 5.08. The van der Waals surface area contributed by atoms with Crippen LogP contribution < -0.4 is 0 Å². The molecule has 3 atom stereocenters. The van der Waals surface area contributed by atoms with E-state index in [4.69, 9.17) is 4.74 Å². The van der Waals surface area contributed by atoms with Gasteiger partial charge in [0.15, 0.2) is 5.60 Å². The molecule has 2 heteroatoms. The largest absolute Gasteiger partial charge is 0.352 e. The van der Waals surface area contributed by atoms with Gasteiger partial charge in [0, 0.05) is 12.0 Å². The number of hydrogen-bond acceptors (Lipinski definition) is 1. The van der Waals surface area contributed by atoms with Crippen LogP contribution in [0.1, 0.15) is 17.5 Å². The average molecular weight is 238 g/mol. The fourth-order valence-electron chi connectivity index (χ4n) is 4.35. The zero-order valence-electron chi connectivity index (χ0n) is 10.3. The molecule has 5 rings (SSSR count). The molecule has 0 N–H and O–H groups in total. The predicted molar refractivity (Wildman–Crippen MR) is 69.1 cm³/mol. The lowest BCUT2D eigenvalue weighted by Crippen LogP contribution is -2.41. The van der Waals surface area contributed by atoms with Crippen molar-refractivity contribution in [1.82, 2.24) is 0 Å². The molecular weight excluding hydrogens is 222 g/mol. The van der Waals surface area contributed by atoms with Crippen molar-refractivity contribution in [2.45, 2.75) is 24.5 Å². The van der Waals surface area contributed by atoms with Crippen molar-refractivity contribution < 1.29 is 9.31 Å². The lowest BCUT2D eigenvalue weighted by Gasteiger charge is -2.23. The number of fused-ring (bicyclic) bond motifs is 3. The molecular formula is C16H16NO+. The maximum absolute atomic E-state index is 6.32. The van der Waals surface area contributed by atoms with Crippen molar-refractivity contribution in [3.8, 4) is 0 Å². The summed E-state index contributed by atoms with van der Waals surface area (Å²) in [7, 11) is 0. The second-order valence-corrected chi connectivity index (χ2v) is 5.94. The number of benzene rings is 1. The molecule has 1 aromatic rings. The number of nitrogens with zero attached hydrogens (tertiary/aromatic N) is 1. The van der Waals surface area contributed by atoms with Crippen molar-refractivity contribution >= 4 is 5.71 Å². The van der Waals surface area contributed by atoms with E-state index in [9.17, 15) is 0 Å². The molecule has 0 amide bonds. The van der Waals surface area contributed by atoms with Gasteiger partial charge in [-0.05, 0) is 24.1 Å². The summed E-state index contributed by atoms with van der Waals surface area (Å²) in [5.74, 6) is 0.675. The molecule has 1 aromatic carbocycles. The van der Waals surface area contributed by atoms with Crippen LogP contribution in [-0.2, 0) is 11.2 Å². The first kappa shape index (κ1) is 9.51. The SMILES string of the molecule is C1=C[C@@]23O[C@@H]1C[C@@H]2C[N+]1=C3c2ccccc2CC1. The standard InChI is InChI=1S/C16H16NO/c1-2-4-14-11(3-1)6-8-17-10-12-9-13-5-7-16(12,18-13)15(14)17/h1-5,7,12-13H,6,8-10H2/q+1/t12-,13+,16-/m1/s1. The van der Waals surface area contributed by atoms with E-state index in [1.165, 1.54) is 36.2 Å². The molecule has 1 saturated heterocycles. The Morgan fingerprint density at radius 2 is 2.22 bits per heavy atom. The average Bonchev–Trinajstić information content (AvgIpc) is 3.04. The molecule has 4 heterocycles. The highest BCUT2D eigenvalue weighted by Crippen LogP contribution is 2.49. The summed E-state index contributed by atoms with van der Waals surface area (Å²) >= 11 is 0. The fraction of sp³-hybridized carbons (Fsp3) is 0.438. The van der Waals surface area contributed by atoms with Crippen molar-refractivity contribution in [2.75, 3.05) is 13.1 Å². The molecule has 90 valence electrons. The summed E-state index contributed by atoms with van der Waals surface area (Å²) in [5, 5.41) is 0. The summed E-state index contributed by atoms with van der Waals surface area (Å²) in [4.78, 5) is 0. The Balaban J connectivity index is 1.78. The van der Waals surface area contributed by atoms with Gasteiger partial charge in [-0.15, -0.1) is 0 Å².